The zero-order valence-electron chi connectivity index (χ0n) is 12.0. The maximum atomic E-state index is 12.3. The molecule has 0 aromatic rings. The molecule has 0 N–H and O–H groups in total. The highest BCUT2D eigenvalue weighted by molar-refractivity contribution is 5.82. The molecule has 1 amide bonds. The largest absolute Gasteiger partial charge is 0.382 e. The SMILES string of the molecule is CCOCC[C@H]1CO[C@H]2CN(C(=O)C3CC3C)C[C@@H]12. The van der Waals surface area contributed by atoms with E-state index in [2.05, 4.69) is 11.8 Å². The number of likely N-dealkylation sites (tertiary alicyclic amines) is 1. The molecule has 0 aromatic heterocycles. The molecule has 2 saturated heterocycles. The van der Waals surface area contributed by atoms with E-state index < -0.39 is 0 Å². The lowest BCUT2D eigenvalue weighted by atomic mass is 9.91. The van der Waals surface area contributed by atoms with Crippen molar-refractivity contribution in [3.8, 4) is 0 Å². The van der Waals surface area contributed by atoms with Crippen LogP contribution in [0.2, 0.25) is 0 Å². The van der Waals surface area contributed by atoms with Gasteiger partial charge in [0.2, 0.25) is 5.91 Å². The van der Waals surface area contributed by atoms with Crippen molar-refractivity contribution < 1.29 is 14.3 Å². The number of hydrogen-bond donors (Lipinski definition) is 0. The summed E-state index contributed by atoms with van der Waals surface area (Å²) in [7, 11) is 0. The first-order valence-electron chi connectivity index (χ1n) is 7.68. The summed E-state index contributed by atoms with van der Waals surface area (Å²) in [5.74, 6) is 2.39. The predicted molar refractivity (Wildman–Crippen MR) is 71.7 cm³/mol. The molecule has 0 spiro atoms. The van der Waals surface area contributed by atoms with Crippen LogP contribution in [0.15, 0.2) is 0 Å². The molecule has 2 unspecified atom stereocenters. The van der Waals surface area contributed by atoms with Crippen LogP contribution in [0.25, 0.3) is 0 Å². The zero-order valence-corrected chi connectivity index (χ0v) is 12.0. The van der Waals surface area contributed by atoms with E-state index in [-0.39, 0.29) is 6.10 Å². The van der Waals surface area contributed by atoms with Gasteiger partial charge in [-0.3, -0.25) is 4.79 Å². The lowest BCUT2D eigenvalue weighted by molar-refractivity contribution is -0.132. The van der Waals surface area contributed by atoms with Crippen molar-refractivity contribution in [2.75, 3.05) is 32.9 Å². The van der Waals surface area contributed by atoms with E-state index in [1.54, 1.807) is 0 Å². The van der Waals surface area contributed by atoms with Gasteiger partial charge in [0, 0.05) is 38.1 Å². The van der Waals surface area contributed by atoms with Crippen LogP contribution in [0.5, 0.6) is 0 Å². The monoisotopic (exact) mass is 267 g/mol. The summed E-state index contributed by atoms with van der Waals surface area (Å²) in [4.78, 5) is 14.3. The van der Waals surface area contributed by atoms with Crippen molar-refractivity contribution >= 4 is 5.91 Å². The van der Waals surface area contributed by atoms with Crippen LogP contribution in [0.1, 0.15) is 26.7 Å². The number of amides is 1. The van der Waals surface area contributed by atoms with E-state index in [4.69, 9.17) is 9.47 Å². The second-order valence-corrected chi connectivity index (χ2v) is 6.34. The summed E-state index contributed by atoms with van der Waals surface area (Å²) in [6.07, 6.45) is 2.43. The molecule has 0 radical (unpaired) electrons. The second-order valence-electron chi connectivity index (χ2n) is 6.34. The molecule has 108 valence electrons. The fraction of sp³-hybridized carbons (Fsp3) is 0.933. The Hall–Kier alpha value is -0.610. The summed E-state index contributed by atoms with van der Waals surface area (Å²) < 4.78 is 11.3. The van der Waals surface area contributed by atoms with Gasteiger partial charge in [-0.15, -0.1) is 0 Å². The van der Waals surface area contributed by atoms with Crippen LogP contribution in [0.4, 0.5) is 0 Å². The third kappa shape index (κ3) is 2.65. The molecule has 4 heteroatoms. The molecule has 3 aliphatic rings. The number of hydrogen-bond acceptors (Lipinski definition) is 3. The lowest BCUT2D eigenvalue weighted by Gasteiger charge is -2.20. The van der Waals surface area contributed by atoms with Crippen molar-refractivity contribution in [1.29, 1.82) is 0 Å². The van der Waals surface area contributed by atoms with E-state index in [0.717, 1.165) is 45.8 Å². The van der Waals surface area contributed by atoms with Crippen molar-refractivity contribution in [3.63, 3.8) is 0 Å². The fourth-order valence-corrected chi connectivity index (χ4v) is 3.56. The van der Waals surface area contributed by atoms with Crippen LogP contribution in [-0.4, -0.2) is 49.8 Å². The van der Waals surface area contributed by atoms with Gasteiger partial charge < -0.3 is 14.4 Å². The van der Waals surface area contributed by atoms with Gasteiger partial charge >= 0.3 is 0 Å². The molecule has 1 saturated carbocycles. The number of carbonyl (C=O) groups is 1. The summed E-state index contributed by atoms with van der Waals surface area (Å²) in [6, 6.07) is 0. The minimum Gasteiger partial charge on any atom is -0.382 e. The van der Waals surface area contributed by atoms with Gasteiger partial charge in [0.1, 0.15) is 0 Å². The van der Waals surface area contributed by atoms with E-state index in [1.165, 1.54) is 0 Å². The average Bonchev–Trinajstić information content (AvgIpc) is 2.84. The predicted octanol–water partition coefficient (Wildman–Crippen LogP) is 1.54. The van der Waals surface area contributed by atoms with Gasteiger partial charge in [0.15, 0.2) is 0 Å². The molecular formula is C15H25NO3. The zero-order chi connectivity index (χ0) is 13.4. The van der Waals surface area contributed by atoms with Crippen molar-refractivity contribution in [3.05, 3.63) is 0 Å². The van der Waals surface area contributed by atoms with Crippen molar-refractivity contribution in [2.45, 2.75) is 32.8 Å². The van der Waals surface area contributed by atoms with Crippen LogP contribution in [0, 0.1) is 23.7 Å². The first kappa shape index (κ1) is 13.4. The fourth-order valence-electron chi connectivity index (χ4n) is 3.56. The van der Waals surface area contributed by atoms with Crippen molar-refractivity contribution in [2.24, 2.45) is 23.7 Å². The summed E-state index contributed by atoms with van der Waals surface area (Å²) in [6.45, 7) is 8.38. The van der Waals surface area contributed by atoms with Crippen LogP contribution in [-0.2, 0) is 14.3 Å². The lowest BCUT2D eigenvalue weighted by Crippen LogP contribution is -2.32. The molecule has 3 fully saturated rings. The third-order valence-electron chi connectivity index (χ3n) is 5.01. The van der Waals surface area contributed by atoms with Gasteiger partial charge in [-0.05, 0) is 31.6 Å². The first-order chi connectivity index (χ1) is 9.20. The van der Waals surface area contributed by atoms with Crippen LogP contribution >= 0.6 is 0 Å². The normalized spacial score (nSPS) is 40.5. The topological polar surface area (TPSA) is 38.8 Å². The average molecular weight is 267 g/mol. The van der Waals surface area contributed by atoms with Crippen molar-refractivity contribution in [1.82, 2.24) is 4.90 Å². The molecule has 5 atom stereocenters. The highest BCUT2D eigenvalue weighted by Gasteiger charge is 2.49. The number of ether oxygens (including phenoxy) is 2. The molecule has 2 aliphatic heterocycles. The van der Waals surface area contributed by atoms with Gasteiger partial charge in [0.05, 0.1) is 12.7 Å². The van der Waals surface area contributed by atoms with Gasteiger partial charge in [0.25, 0.3) is 0 Å². The van der Waals surface area contributed by atoms with E-state index in [0.29, 0.717) is 29.6 Å². The smallest absolute Gasteiger partial charge is 0.226 e. The minimum atomic E-state index is 0.282. The number of nitrogens with zero attached hydrogens (tertiary/aromatic N) is 1. The maximum Gasteiger partial charge on any atom is 0.226 e. The number of carbonyl (C=O) groups excluding carboxylic acids is 1. The van der Waals surface area contributed by atoms with E-state index >= 15 is 0 Å². The Labute approximate surface area is 115 Å². The standard InChI is InChI=1S/C15H25NO3/c1-3-18-5-4-11-9-19-14-8-16(7-13(11)14)15(17)12-6-10(12)2/h10-14H,3-9H2,1-2H3/t10?,11-,12?,13-,14-/m0/s1. The molecule has 0 aromatic carbocycles. The van der Waals surface area contributed by atoms with Crippen LogP contribution < -0.4 is 0 Å². The summed E-state index contributed by atoms with van der Waals surface area (Å²) in [5, 5.41) is 0. The first-order valence-corrected chi connectivity index (χ1v) is 7.68. The highest BCUT2D eigenvalue weighted by Crippen LogP contribution is 2.42. The quantitative estimate of drug-likeness (QED) is 0.709. The van der Waals surface area contributed by atoms with E-state index in [9.17, 15) is 4.79 Å². The highest BCUT2D eigenvalue weighted by atomic mass is 16.5. The maximum absolute atomic E-state index is 12.3. The Bertz CT molecular complexity index is 346. The molecule has 1 aliphatic carbocycles. The van der Waals surface area contributed by atoms with Gasteiger partial charge in [-0.25, -0.2) is 0 Å². The molecule has 0 bridgehead atoms. The Morgan fingerprint density at radius 3 is 2.89 bits per heavy atom. The minimum absolute atomic E-state index is 0.282. The molecule has 4 nitrogen and oxygen atoms in total. The number of rotatable bonds is 5. The summed E-state index contributed by atoms with van der Waals surface area (Å²) in [5.41, 5.74) is 0. The third-order valence-corrected chi connectivity index (χ3v) is 5.01. The molecule has 2 heterocycles. The molecular weight excluding hydrogens is 242 g/mol. The Kier molecular flexibility index (Phi) is 3.81. The molecule has 19 heavy (non-hydrogen) atoms. The Morgan fingerprint density at radius 2 is 2.21 bits per heavy atom. The number of fused-ring (bicyclic) bond motifs is 1. The second kappa shape index (κ2) is 5.41. The Morgan fingerprint density at radius 1 is 1.42 bits per heavy atom. The Balaban J connectivity index is 1.51. The van der Waals surface area contributed by atoms with Gasteiger partial charge in [-0.2, -0.15) is 0 Å². The van der Waals surface area contributed by atoms with E-state index in [1.807, 2.05) is 6.92 Å². The molecule has 3 rings (SSSR count). The van der Waals surface area contributed by atoms with Crippen LogP contribution in [0.3, 0.4) is 0 Å². The summed E-state index contributed by atoms with van der Waals surface area (Å²) >= 11 is 0. The van der Waals surface area contributed by atoms with Gasteiger partial charge in [-0.1, -0.05) is 6.92 Å².